The molecule has 1 heterocycles. The van der Waals surface area contributed by atoms with Crippen molar-refractivity contribution in [2.45, 2.75) is 52.2 Å². The molecule has 0 bridgehead atoms. The van der Waals surface area contributed by atoms with Gasteiger partial charge in [-0.15, -0.1) is 0 Å². The normalized spacial score (nSPS) is 13.1. The number of nitrogens with zero attached hydrogens (tertiary/aromatic N) is 2. The van der Waals surface area contributed by atoms with E-state index in [4.69, 9.17) is 25.8 Å². The number of benzene rings is 2. The molecule has 0 aliphatic heterocycles. The van der Waals surface area contributed by atoms with E-state index in [9.17, 15) is 13.6 Å². The van der Waals surface area contributed by atoms with E-state index in [2.05, 4.69) is 10.4 Å². The molecule has 1 amide bonds. The minimum Gasteiger partial charge on any atom is -0.490 e. The summed E-state index contributed by atoms with van der Waals surface area (Å²) in [5.41, 5.74) is 1.50. The number of hydrogen-bond acceptors (Lipinski definition) is 5. The highest BCUT2D eigenvalue weighted by atomic mass is 35.5. The molecule has 1 aromatic heterocycles. The topological polar surface area (TPSA) is 74.6 Å². The molecule has 10 heteroatoms. The van der Waals surface area contributed by atoms with Crippen molar-refractivity contribution < 1.29 is 27.8 Å². The Morgan fingerprint density at radius 1 is 1.08 bits per heavy atom. The zero-order chi connectivity index (χ0) is 25.7. The van der Waals surface area contributed by atoms with E-state index >= 15 is 0 Å². The average Bonchev–Trinajstić information content (AvgIpc) is 3.63. The van der Waals surface area contributed by atoms with Gasteiger partial charge in [-0.2, -0.15) is 5.10 Å². The quantitative estimate of drug-likeness (QED) is 0.301. The Balaban J connectivity index is 1.34. The lowest BCUT2D eigenvalue weighted by Gasteiger charge is -2.13. The predicted molar refractivity (Wildman–Crippen MR) is 132 cm³/mol. The monoisotopic (exact) mass is 519 g/mol. The van der Waals surface area contributed by atoms with Gasteiger partial charge >= 0.3 is 0 Å². The van der Waals surface area contributed by atoms with Crippen LogP contribution in [0, 0.1) is 0 Å². The van der Waals surface area contributed by atoms with Crippen LogP contribution in [0.2, 0.25) is 5.02 Å². The van der Waals surface area contributed by atoms with Crippen LogP contribution >= 0.6 is 11.6 Å². The Kier molecular flexibility index (Phi) is 8.30. The van der Waals surface area contributed by atoms with E-state index in [1.54, 1.807) is 24.3 Å². The van der Waals surface area contributed by atoms with E-state index in [1.807, 2.05) is 32.0 Å². The van der Waals surface area contributed by atoms with Gasteiger partial charge in [-0.1, -0.05) is 17.7 Å². The van der Waals surface area contributed by atoms with Crippen molar-refractivity contribution in [2.24, 2.45) is 0 Å². The Labute approximate surface area is 213 Å². The van der Waals surface area contributed by atoms with Crippen molar-refractivity contribution >= 4 is 23.2 Å². The molecule has 3 aromatic rings. The van der Waals surface area contributed by atoms with Gasteiger partial charge in [0.05, 0.1) is 23.9 Å². The summed E-state index contributed by atoms with van der Waals surface area (Å²) in [4.78, 5) is 12.6. The van der Waals surface area contributed by atoms with Gasteiger partial charge in [-0.25, -0.2) is 8.78 Å². The van der Waals surface area contributed by atoms with Crippen LogP contribution in [0.5, 0.6) is 17.2 Å². The summed E-state index contributed by atoms with van der Waals surface area (Å²) < 4.78 is 44.8. The van der Waals surface area contributed by atoms with Crippen molar-refractivity contribution in [1.82, 2.24) is 9.78 Å². The van der Waals surface area contributed by atoms with Crippen LogP contribution in [-0.2, 0) is 17.9 Å². The number of rotatable bonds is 12. The fourth-order valence-electron chi connectivity index (χ4n) is 3.80. The largest absolute Gasteiger partial charge is 0.490 e. The second kappa shape index (κ2) is 11.6. The van der Waals surface area contributed by atoms with Crippen LogP contribution in [0.3, 0.4) is 0 Å². The van der Waals surface area contributed by atoms with E-state index in [-0.39, 0.29) is 23.4 Å². The highest BCUT2D eigenvalue weighted by molar-refractivity contribution is 6.32. The molecule has 1 aliphatic carbocycles. The second-order valence-corrected chi connectivity index (χ2v) is 8.70. The summed E-state index contributed by atoms with van der Waals surface area (Å²) >= 11 is 6.12. The number of anilines is 1. The molecule has 192 valence electrons. The molecule has 0 unspecified atom stereocenters. The van der Waals surface area contributed by atoms with E-state index < -0.39 is 12.1 Å². The van der Waals surface area contributed by atoms with Crippen molar-refractivity contribution in [3.8, 4) is 17.2 Å². The first-order valence-electron chi connectivity index (χ1n) is 11.8. The number of halogens is 3. The number of aromatic nitrogens is 2. The summed E-state index contributed by atoms with van der Waals surface area (Å²) in [5.74, 6) is 1.67. The SMILES string of the molecule is CCOc1ccc(COc2ccc(NC(=O)Cn3nc(C(F)F)c(Cl)c3C3CC3)cc2)cc1OCC. The zero-order valence-corrected chi connectivity index (χ0v) is 20.9. The second-order valence-electron chi connectivity index (χ2n) is 8.33. The van der Waals surface area contributed by atoms with Crippen molar-refractivity contribution in [2.75, 3.05) is 18.5 Å². The molecule has 4 rings (SSSR count). The lowest BCUT2D eigenvalue weighted by molar-refractivity contribution is -0.117. The maximum absolute atomic E-state index is 13.2. The maximum atomic E-state index is 13.2. The lowest BCUT2D eigenvalue weighted by atomic mass is 10.2. The average molecular weight is 520 g/mol. The number of carbonyl (C=O) groups excluding carboxylic acids is 1. The number of alkyl halides is 2. The molecule has 1 aliphatic rings. The third-order valence-corrected chi connectivity index (χ3v) is 5.96. The minimum atomic E-state index is -2.79. The summed E-state index contributed by atoms with van der Waals surface area (Å²) in [6, 6.07) is 12.6. The third kappa shape index (κ3) is 6.26. The van der Waals surface area contributed by atoms with Crippen LogP contribution < -0.4 is 19.5 Å². The Morgan fingerprint density at radius 3 is 2.42 bits per heavy atom. The molecular formula is C26H28ClF2N3O4. The molecule has 36 heavy (non-hydrogen) atoms. The van der Waals surface area contributed by atoms with Gasteiger partial charge in [-0.3, -0.25) is 9.48 Å². The molecule has 1 fully saturated rings. The number of hydrogen-bond donors (Lipinski definition) is 1. The number of carbonyl (C=O) groups is 1. The first kappa shape index (κ1) is 25.8. The third-order valence-electron chi connectivity index (χ3n) is 5.57. The zero-order valence-electron chi connectivity index (χ0n) is 20.1. The van der Waals surface area contributed by atoms with Crippen LogP contribution in [-0.4, -0.2) is 28.9 Å². The predicted octanol–water partition coefficient (Wildman–Crippen LogP) is 6.37. The van der Waals surface area contributed by atoms with Gasteiger partial charge in [0.2, 0.25) is 5.91 Å². The van der Waals surface area contributed by atoms with Gasteiger partial charge < -0.3 is 19.5 Å². The van der Waals surface area contributed by atoms with Crippen LogP contribution in [0.4, 0.5) is 14.5 Å². The van der Waals surface area contributed by atoms with Gasteiger partial charge in [0.1, 0.15) is 24.6 Å². The summed E-state index contributed by atoms with van der Waals surface area (Å²) in [6.07, 6.45) is -1.10. The van der Waals surface area contributed by atoms with E-state index in [0.29, 0.717) is 48.5 Å². The number of amides is 1. The molecule has 0 atom stereocenters. The molecule has 2 aromatic carbocycles. The Morgan fingerprint density at radius 2 is 1.78 bits per heavy atom. The molecule has 1 saturated carbocycles. The molecule has 1 N–H and O–H groups in total. The molecule has 0 saturated heterocycles. The van der Waals surface area contributed by atoms with Gasteiger partial charge in [0.15, 0.2) is 11.5 Å². The summed E-state index contributed by atoms with van der Waals surface area (Å²) in [6.45, 7) is 5.04. The molecule has 0 spiro atoms. The van der Waals surface area contributed by atoms with Crippen LogP contribution in [0.15, 0.2) is 42.5 Å². The van der Waals surface area contributed by atoms with Gasteiger partial charge in [0, 0.05) is 11.6 Å². The lowest BCUT2D eigenvalue weighted by Crippen LogP contribution is -2.21. The molecular weight excluding hydrogens is 492 g/mol. The Bertz CT molecular complexity index is 1200. The standard InChI is InChI=1S/C26H28ClF2N3O4/c1-3-34-20-12-5-16(13-21(20)35-4-2)15-36-19-10-8-18(9-11-19)30-22(33)14-32-25(17-6-7-17)23(27)24(31-32)26(28)29/h5,8-13,17,26H,3-4,6-7,14-15H2,1-2H3,(H,30,33). The van der Waals surface area contributed by atoms with E-state index in [0.717, 1.165) is 18.4 Å². The van der Waals surface area contributed by atoms with Gasteiger partial charge in [0.25, 0.3) is 6.43 Å². The van der Waals surface area contributed by atoms with Crippen molar-refractivity contribution in [1.29, 1.82) is 0 Å². The first-order chi connectivity index (χ1) is 17.4. The van der Waals surface area contributed by atoms with Crippen molar-refractivity contribution in [3.05, 3.63) is 64.4 Å². The van der Waals surface area contributed by atoms with Gasteiger partial charge in [-0.05, 0) is 68.7 Å². The highest BCUT2D eigenvalue weighted by Crippen LogP contribution is 2.45. The minimum absolute atomic E-state index is 0.0392. The summed E-state index contributed by atoms with van der Waals surface area (Å²) in [7, 11) is 0. The Hall–Kier alpha value is -3.33. The van der Waals surface area contributed by atoms with Crippen LogP contribution in [0.25, 0.3) is 0 Å². The van der Waals surface area contributed by atoms with E-state index in [1.165, 1.54) is 4.68 Å². The highest BCUT2D eigenvalue weighted by Gasteiger charge is 2.34. The fourth-order valence-corrected chi connectivity index (χ4v) is 4.17. The number of ether oxygens (including phenoxy) is 3. The van der Waals surface area contributed by atoms with Crippen LogP contribution in [0.1, 0.15) is 56.0 Å². The molecule has 0 radical (unpaired) electrons. The fraction of sp³-hybridized carbons (Fsp3) is 0.385. The smallest absolute Gasteiger partial charge is 0.283 e. The molecule has 7 nitrogen and oxygen atoms in total. The maximum Gasteiger partial charge on any atom is 0.283 e. The first-order valence-corrected chi connectivity index (χ1v) is 12.2. The van der Waals surface area contributed by atoms with Crippen molar-refractivity contribution in [3.63, 3.8) is 0 Å². The number of nitrogens with one attached hydrogen (secondary N) is 1. The summed E-state index contributed by atoms with van der Waals surface area (Å²) in [5, 5.41) is 6.61.